The van der Waals surface area contributed by atoms with Crippen LogP contribution in [0.2, 0.25) is 0 Å². The van der Waals surface area contributed by atoms with Gasteiger partial charge in [-0.15, -0.1) is 11.8 Å². The molecule has 0 saturated carbocycles. The largest absolute Gasteiger partial charge is 0.481 e. The summed E-state index contributed by atoms with van der Waals surface area (Å²) >= 11 is 1.25. The molecule has 1 atom stereocenters. The number of nitrogens with zero attached hydrogens (tertiary/aromatic N) is 1. The van der Waals surface area contributed by atoms with Gasteiger partial charge in [0, 0.05) is 18.2 Å². The van der Waals surface area contributed by atoms with Gasteiger partial charge in [0.1, 0.15) is 0 Å². The minimum Gasteiger partial charge on any atom is -0.481 e. The zero-order chi connectivity index (χ0) is 12.3. The highest BCUT2D eigenvalue weighted by atomic mass is 32.2. The van der Waals surface area contributed by atoms with Crippen molar-refractivity contribution >= 4 is 29.5 Å². The van der Waals surface area contributed by atoms with Crippen LogP contribution in [-0.4, -0.2) is 44.8 Å². The molecule has 1 saturated heterocycles. The molecule has 2 amide bonds. The maximum absolute atomic E-state index is 11.8. The zero-order valence-corrected chi connectivity index (χ0v) is 10.1. The molecule has 0 bridgehead atoms. The number of aliphatic carboxylic acids is 1. The summed E-state index contributed by atoms with van der Waals surface area (Å²) in [5.41, 5.74) is 0. The minimum absolute atomic E-state index is 0.0182. The summed E-state index contributed by atoms with van der Waals surface area (Å²) in [5, 5.41) is 8.08. The van der Waals surface area contributed by atoms with Crippen molar-refractivity contribution in [2.75, 3.05) is 5.75 Å². The number of carbonyl (C=O) groups is 3. The van der Waals surface area contributed by atoms with Crippen molar-refractivity contribution in [1.82, 2.24) is 4.90 Å². The first-order valence-electron chi connectivity index (χ1n) is 5.12. The van der Waals surface area contributed by atoms with Gasteiger partial charge in [-0.2, -0.15) is 0 Å². The minimum atomic E-state index is -0.884. The molecule has 1 heterocycles. The lowest BCUT2D eigenvalue weighted by atomic mass is 10.3. The topological polar surface area (TPSA) is 74.7 Å². The van der Waals surface area contributed by atoms with Gasteiger partial charge in [0.05, 0.1) is 11.7 Å². The van der Waals surface area contributed by atoms with Crippen LogP contribution in [0, 0.1) is 0 Å². The fourth-order valence-electron chi connectivity index (χ4n) is 1.58. The third-order valence-electron chi connectivity index (χ3n) is 2.29. The van der Waals surface area contributed by atoms with Gasteiger partial charge in [-0.1, -0.05) is 0 Å². The molecule has 1 aliphatic rings. The van der Waals surface area contributed by atoms with E-state index < -0.39 is 11.2 Å². The van der Waals surface area contributed by atoms with Gasteiger partial charge >= 0.3 is 5.97 Å². The van der Waals surface area contributed by atoms with Crippen LogP contribution in [0.5, 0.6) is 0 Å². The number of hydrogen-bond donors (Lipinski definition) is 1. The van der Waals surface area contributed by atoms with Crippen LogP contribution in [0.4, 0.5) is 0 Å². The van der Waals surface area contributed by atoms with E-state index in [9.17, 15) is 14.4 Å². The van der Waals surface area contributed by atoms with Crippen molar-refractivity contribution in [3.8, 4) is 0 Å². The van der Waals surface area contributed by atoms with Crippen LogP contribution in [0.1, 0.15) is 26.7 Å². The van der Waals surface area contributed by atoms with E-state index in [1.165, 1.54) is 16.7 Å². The standard InChI is InChI=1S/C10H15NO4S/c1-6(2)11-8(12)5-7(10(11)15)16-4-3-9(13)14/h6-7H,3-5H2,1-2H3,(H,13,14). The summed E-state index contributed by atoms with van der Waals surface area (Å²) in [6, 6.07) is -0.120. The predicted octanol–water partition coefficient (Wildman–Crippen LogP) is 0.730. The van der Waals surface area contributed by atoms with Gasteiger partial charge < -0.3 is 5.11 Å². The quantitative estimate of drug-likeness (QED) is 0.723. The van der Waals surface area contributed by atoms with E-state index in [1.807, 2.05) is 0 Å². The Hall–Kier alpha value is -1.04. The summed E-state index contributed by atoms with van der Waals surface area (Å²) < 4.78 is 0. The molecular formula is C10H15NO4S. The summed E-state index contributed by atoms with van der Waals surface area (Å²) in [5.74, 6) is -0.862. The average Bonchev–Trinajstić information content (AvgIpc) is 2.41. The van der Waals surface area contributed by atoms with Crippen molar-refractivity contribution in [3.63, 3.8) is 0 Å². The van der Waals surface area contributed by atoms with Crippen LogP contribution >= 0.6 is 11.8 Å². The Morgan fingerprint density at radius 1 is 1.56 bits per heavy atom. The van der Waals surface area contributed by atoms with E-state index in [0.29, 0.717) is 5.75 Å². The summed E-state index contributed by atoms with van der Waals surface area (Å²) in [7, 11) is 0. The van der Waals surface area contributed by atoms with Crippen molar-refractivity contribution in [2.24, 2.45) is 0 Å². The van der Waals surface area contributed by atoms with E-state index in [2.05, 4.69) is 0 Å². The number of hydrogen-bond acceptors (Lipinski definition) is 4. The Balaban J connectivity index is 2.49. The molecule has 0 radical (unpaired) electrons. The summed E-state index contributed by atoms with van der Waals surface area (Å²) in [6.07, 6.45) is 0.214. The molecule has 0 aromatic carbocycles. The second-order valence-electron chi connectivity index (χ2n) is 3.90. The number of carbonyl (C=O) groups excluding carboxylic acids is 2. The molecule has 5 nitrogen and oxygen atoms in total. The maximum atomic E-state index is 11.8. The summed E-state index contributed by atoms with van der Waals surface area (Å²) in [6.45, 7) is 3.58. The van der Waals surface area contributed by atoms with E-state index >= 15 is 0 Å². The highest BCUT2D eigenvalue weighted by Gasteiger charge is 2.39. The van der Waals surface area contributed by atoms with Crippen molar-refractivity contribution in [2.45, 2.75) is 38.0 Å². The number of amides is 2. The number of likely N-dealkylation sites (tertiary alicyclic amines) is 1. The molecule has 1 unspecified atom stereocenters. The van der Waals surface area contributed by atoms with E-state index in [-0.39, 0.29) is 30.7 Å². The van der Waals surface area contributed by atoms with Crippen molar-refractivity contribution < 1.29 is 19.5 Å². The smallest absolute Gasteiger partial charge is 0.304 e. The Kier molecular flexibility index (Phi) is 4.35. The van der Waals surface area contributed by atoms with Crippen molar-refractivity contribution in [3.05, 3.63) is 0 Å². The monoisotopic (exact) mass is 245 g/mol. The molecule has 16 heavy (non-hydrogen) atoms. The van der Waals surface area contributed by atoms with Crippen LogP contribution < -0.4 is 0 Å². The SMILES string of the molecule is CC(C)N1C(=O)CC(SCCC(=O)O)C1=O. The molecule has 90 valence electrons. The van der Waals surface area contributed by atoms with Crippen LogP contribution in [0.25, 0.3) is 0 Å². The first-order chi connectivity index (χ1) is 7.43. The Morgan fingerprint density at radius 3 is 2.62 bits per heavy atom. The second kappa shape index (κ2) is 5.34. The second-order valence-corrected chi connectivity index (χ2v) is 5.21. The lowest BCUT2D eigenvalue weighted by molar-refractivity contribution is -0.140. The van der Waals surface area contributed by atoms with Gasteiger partial charge in [0.2, 0.25) is 11.8 Å². The molecule has 0 aromatic rings. The number of rotatable bonds is 5. The Bertz CT molecular complexity index is 316. The highest BCUT2D eigenvalue weighted by Crippen LogP contribution is 2.26. The van der Waals surface area contributed by atoms with E-state index in [1.54, 1.807) is 13.8 Å². The van der Waals surface area contributed by atoms with Gasteiger partial charge in [0.25, 0.3) is 0 Å². The Labute approximate surface area is 98.2 Å². The molecule has 0 aliphatic carbocycles. The number of carboxylic acids is 1. The number of carboxylic acid groups (broad SMARTS) is 1. The lowest BCUT2D eigenvalue weighted by Gasteiger charge is -2.18. The van der Waals surface area contributed by atoms with Crippen LogP contribution in [-0.2, 0) is 14.4 Å². The normalized spacial score (nSPS) is 20.9. The van der Waals surface area contributed by atoms with Gasteiger partial charge in [-0.25, -0.2) is 0 Å². The molecule has 6 heteroatoms. The molecule has 1 fully saturated rings. The van der Waals surface area contributed by atoms with Gasteiger partial charge in [-0.05, 0) is 13.8 Å². The molecule has 0 spiro atoms. The average molecular weight is 245 g/mol. The Morgan fingerprint density at radius 2 is 2.19 bits per heavy atom. The first kappa shape index (κ1) is 13.0. The zero-order valence-electron chi connectivity index (χ0n) is 9.30. The van der Waals surface area contributed by atoms with Crippen molar-refractivity contribution in [1.29, 1.82) is 0 Å². The molecule has 1 rings (SSSR count). The number of imide groups is 1. The van der Waals surface area contributed by atoms with Gasteiger partial charge in [0.15, 0.2) is 0 Å². The summed E-state index contributed by atoms with van der Waals surface area (Å²) in [4.78, 5) is 34.9. The van der Waals surface area contributed by atoms with Crippen LogP contribution in [0.3, 0.4) is 0 Å². The van der Waals surface area contributed by atoms with Crippen LogP contribution in [0.15, 0.2) is 0 Å². The molecule has 1 N–H and O–H groups in total. The fourth-order valence-corrected chi connectivity index (χ4v) is 2.68. The fraction of sp³-hybridized carbons (Fsp3) is 0.700. The predicted molar refractivity (Wildman–Crippen MR) is 60.1 cm³/mol. The molecular weight excluding hydrogens is 230 g/mol. The molecule has 0 aromatic heterocycles. The maximum Gasteiger partial charge on any atom is 0.304 e. The molecule has 1 aliphatic heterocycles. The number of thioether (sulfide) groups is 1. The lowest BCUT2D eigenvalue weighted by Crippen LogP contribution is -2.37. The van der Waals surface area contributed by atoms with Gasteiger partial charge in [-0.3, -0.25) is 19.3 Å². The highest BCUT2D eigenvalue weighted by molar-refractivity contribution is 8.00. The first-order valence-corrected chi connectivity index (χ1v) is 6.17. The third-order valence-corrected chi connectivity index (χ3v) is 3.50. The third kappa shape index (κ3) is 2.98. The van der Waals surface area contributed by atoms with E-state index in [0.717, 1.165) is 0 Å². The van der Waals surface area contributed by atoms with E-state index in [4.69, 9.17) is 5.11 Å².